The molecule has 0 saturated heterocycles. The number of urea groups is 1. The molecule has 0 spiro atoms. The minimum absolute atomic E-state index is 0.497. The van der Waals surface area contributed by atoms with Gasteiger partial charge in [0.15, 0.2) is 0 Å². The lowest BCUT2D eigenvalue weighted by Crippen LogP contribution is -2.39. The molecule has 6 heteroatoms. The van der Waals surface area contributed by atoms with Crippen molar-refractivity contribution in [1.29, 1.82) is 0 Å². The Kier molecular flexibility index (Phi) is 4.28. The molecule has 0 saturated carbocycles. The summed E-state index contributed by atoms with van der Waals surface area (Å²) in [6.45, 7) is 1.18. The number of hydrogen-bond acceptors (Lipinski definition) is 4. The third-order valence-electron chi connectivity index (χ3n) is 0.691. The number of rotatable bonds is 0. The second kappa shape index (κ2) is 4.73. The van der Waals surface area contributed by atoms with Crippen LogP contribution in [0.2, 0.25) is 0 Å². The summed E-state index contributed by atoms with van der Waals surface area (Å²) in [5, 5.41) is 3.30. The summed E-state index contributed by atoms with van der Waals surface area (Å²) in [6.07, 6.45) is 1.52. The maximum Gasteiger partial charge on any atom is 0.328 e. The summed E-state index contributed by atoms with van der Waals surface area (Å²) in [4.78, 5) is 31.3. The van der Waals surface area contributed by atoms with Gasteiger partial charge in [-0.2, -0.15) is 0 Å². The highest BCUT2D eigenvalue weighted by molar-refractivity contribution is 8.13. The molecule has 0 aromatic carbocycles. The largest absolute Gasteiger partial charge is 0.328 e. The first-order valence-corrected chi connectivity index (χ1v) is 3.95. The molecule has 0 fully saturated rings. The summed E-state index contributed by atoms with van der Waals surface area (Å²) in [7, 11) is 0. The maximum absolute atomic E-state index is 10.5. The number of nitrogens with one attached hydrogen (secondary N) is 2. The highest BCUT2D eigenvalue weighted by Gasteiger charge is 2.05. The van der Waals surface area contributed by atoms with Gasteiger partial charge in [-0.05, 0) is 6.26 Å². The Hall–Kier alpha value is -1.04. The van der Waals surface area contributed by atoms with E-state index in [9.17, 15) is 14.4 Å². The van der Waals surface area contributed by atoms with Crippen molar-refractivity contribution in [1.82, 2.24) is 10.6 Å². The van der Waals surface area contributed by atoms with E-state index in [1.807, 2.05) is 10.6 Å². The Morgan fingerprint density at radius 1 is 1.18 bits per heavy atom. The van der Waals surface area contributed by atoms with E-state index in [1.54, 1.807) is 0 Å². The molecule has 11 heavy (non-hydrogen) atoms. The summed E-state index contributed by atoms with van der Waals surface area (Å²) in [5.41, 5.74) is 0. The fraction of sp³-hybridized carbons (Fsp3) is 0.400. The Labute approximate surface area is 67.9 Å². The van der Waals surface area contributed by atoms with Crippen LogP contribution >= 0.6 is 11.8 Å². The van der Waals surface area contributed by atoms with Gasteiger partial charge in [0.05, 0.1) is 0 Å². The fourth-order valence-electron chi connectivity index (χ4n) is 0.335. The SMILES string of the molecule is CSC(=O)NC(=O)NC(C)=O. The topological polar surface area (TPSA) is 75.3 Å². The first-order chi connectivity index (χ1) is 5.06. The van der Waals surface area contributed by atoms with Crippen molar-refractivity contribution in [3.05, 3.63) is 0 Å². The van der Waals surface area contributed by atoms with Gasteiger partial charge in [-0.3, -0.25) is 20.2 Å². The van der Waals surface area contributed by atoms with Gasteiger partial charge in [-0.1, -0.05) is 11.8 Å². The van der Waals surface area contributed by atoms with E-state index in [4.69, 9.17) is 0 Å². The lowest BCUT2D eigenvalue weighted by atomic mass is 10.7. The molecule has 5 nitrogen and oxygen atoms in total. The molecule has 0 atom stereocenters. The molecule has 0 bridgehead atoms. The summed E-state index contributed by atoms with van der Waals surface area (Å²) < 4.78 is 0. The van der Waals surface area contributed by atoms with Gasteiger partial charge in [0, 0.05) is 6.92 Å². The average molecular weight is 176 g/mol. The molecule has 0 heterocycles. The molecule has 0 radical (unpaired) electrons. The molecule has 4 amide bonds. The van der Waals surface area contributed by atoms with Crippen LogP contribution in [0.4, 0.5) is 9.59 Å². The van der Waals surface area contributed by atoms with E-state index in [2.05, 4.69) is 0 Å². The number of hydrogen-bond donors (Lipinski definition) is 2. The van der Waals surface area contributed by atoms with Gasteiger partial charge in [-0.15, -0.1) is 0 Å². The van der Waals surface area contributed by atoms with Crippen LogP contribution in [-0.4, -0.2) is 23.4 Å². The zero-order valence-electron chi connectivity index (χ0n) is 6.13. The maximum atomic E-state index is 10.5. The third kappa shape index (κ3) is 5.41. The number of carbonyl (C=O) groups excluding carboxylic acids is 3. The van der Waals surface area contributed by atoms with Crippen molar-refractivity contribution < 1.29 is 14.4 Å². The molecule has 0 rings (SSSR count). The number of thioether (sulfide) groups is 1. The van der Waals surface area contributed by atoms with E-state index in [0.717, 1.165) is 11.8 Å². The molecule has 62 valence electrons. The van der Waals surface area contributed by atoms with Crippen molar-refractivity contribution in [2.45, 2.75) is 6.92 Å². The molecule has 0 aromatic heterocycles. The Morgan fingerprint density at radius 2 is 1.73 bits per heavy atom. The quantitative estimate of drug-likeness (QED) is 0.557. The van der Waals surface area contributed by atoms with Crippen LogP contribution in [-0.2, 0) is 4.79 Å². The van der Waals surface area contributed by atoms with Gasteiger partial charge in [0.25, 0.3) is 5.24 Å². The van der Waals surface area contributed by atoms with Crippen molar-refractivity contribution in [2.75, 3.05) is 6.26 Å². The van der Waals surface area contributed by atoms with Crippen LogP contribution < -0.4 is 10.6 Å². The molecule has 0 unspecified atom stereocenters. The molecule has 0 aliphatic heterocycles. The second-order valence-corrected chi connectivity index (χ2v) is 2.41. The second-order valence-electron chi connectivity index (χ2n) is 1.63. The Balaban J connectivity index is 3.70. The zero-order valence-corrected chi connectivity index (χ0v) is 6.95. The summed E-state index contributed by atoms with van der Waals surface area (Å²) >= 11 is 0.858. The van der Waals surface area contributed by atoms with Crippen LogP contribution in [0.15, 0.2) is 0 Å². The van der Waals surface area contributed by atoms with Crippen molar-refractivity contribution in [3.63, 3.8) is 0 Å². The number of carbonyl (C=O) groups is 3. The van der Waals surface area contributed by atoms with E-state index in [1.165, 1.54) is 13.2 Å². The predicted molar refractivity (Wildman–Crippen MR) is 41.3 cm³/mol. The third-order valence-corrected chi connectivity index (χ3v) is 1.16. The standard InChI is InChI=1S/C5H8N2O3S/c1-3(8)6-4(9)7-5(10)11-2/h1-2H3,(H2,6,7,8,9,10). The predicted octanol–water partition coefficient (Wildman–Crippen LogP) is 0.315. The molecular weight excluding hydrogens is 168 g/mol. The van der Waals surface area contributed by atoms with Crippen molar-refractivity contribution in [2.24, 2.45) is 0 Å². The van der Waals surface area contributed by atoms with Gasteiger partial charge < -0.3 is 0 Å². The van der Waals surface area contributed by atoms with Crippen molar-refractivity contribution >= 4 is 28.9 Å². The van der Waals surface area contributed by atoms with Gasteiger partial charge in [-0.25, -0.2) is 4.79 Å². The fourth-order valence-corrected chi connectivity index (χ4v) is 0.530. The highest BCUT2D eigenvalue weighted by Crippen LogP contribution is 1.91. The average Bonchev–Trinajstić information content (AvgIpc) is 1.85. The first kappa shape index (κ1) is 9.96. The van der Waals surface area contributed by atoms with Crippen LogP contribution in [0, 0.1) is 0 Å². The van der Waals surface area contributed by atoms with Crippen LogP contribution in [0.3, 0.4) is 0 Å². The van der Waals surface area contributed by atoms with Crippen LogP contribution in [0.1, 0.15) is 6.92 Å². The molecule has 0 aromatic rings. The Bertz CT molecular complexity index is 192. The lowest BCUT2D eigenvalue weighted by molar-refractivity contribution is -0.117. The van der Waals surface area contributed by atoms with Gasteiger partial charge in [0.1, 0.15) is 0 Å². The monoisotopic (exact) mass is 176 g/mol. The summed E-state index contributed by atoms with van der Waals surface area (Å²) in [5.74, 6) is -0.503. The lowest BCUT2D eigenvalue weighted by Gasteiger charge is -1.99. The van der Waals surface area contributed by atoms with Crippen LogP contribution in [0.5, 0.6) is 0 Å². The minimum Gasteiger partial charge on any atom is -0.278 e. The van der Waals surface area contributed by atoms with E-state index >= 15 is 0 Å². The Morgan fingerprint density at radius 3 is 2.09 bits per heavy atom. The summed E-state index contributed by atoms with van der Waals surface area (Å²) in [6, 6.07) is -0.795. The smallest absolute Gasteiger partial charge is 0.278 e. The highest BCUT2D eigenvalue weighted by atomic mass is 32.2. The van der Waals surface area contributed by atoms with Gasteiger partial charge in [0.2, 0.25) is 5.91 Å². The number of amides is 4. The van der Waals surface area contributed by atoms with Gasteiger partial charge >= 0.3 is 6.03 Å². The number of imide groups is 2. The van der Waals surface area contributed by atoms with E-state index in [0.29, 0.717) is 0 Å². The minimum atomic E-state index is -0.795. The molecule has 0 aliphatic carbocycles. The van der Waals surface area contributed by atoms with Crippen molar-refractivity contribution in [3.8, 4) is 0 Å². The van der Waals surface area contributed by atoms with E-state index < -0.39 is 17.2 Å². The van der Waals surface area contributed by atoms with E-state index in [-0.39, 0.29) is 0 Å². The molecule has 2 N–H and O–H groups in total. The molecule has 0 aliphatic rings. The normalized spacial score (nSPS) is 8.55. The first-order valence-electron chi connectivity index (χ1n) is 2.72. The zero-order chi connectivity index (χ0) is 8.85. The molecular formula is C5H8N2O3S. The van der Waals surface area contributed by atoms with Crippen LogP contribution in [0.25, 0.3) is 0 Å².